The van der Waals surface area contributed by atoms with Crippen molar-refractivity contribution in [3.8, 4) is 11.6 Å². The van der Waals surface area contributed by atoms with Crippen LogP contribution in [0.25, 0.3) is 21.7 Å². The number of nitrogens with zero attached hydrogens (tertiary/aromatic N) is 3. The van der Waals surface area contributed by atoms with E-state index in [1.54, 1.807) is 36.8 Å². The van der Waals surface area contributed by atoms with Gasteiger partial charge in [0.15, 0.2) is 11.7 Å². The monoisotopic (exact) mass is 524 g/mol. The third-order valence-corrected chi connectivity index (χ3v) is 5.37. The molecule has 0 saturated heterocycles. The Morgan fingerprint density at radius 2 is 2.14 bits per heavy atom. The Morgan fingerprint density at radius 3 is 2.90 bits per heavy atom. The lowest BCUT2D eigenvalue weighted by atomic mass is 10.2. The summed E-state index contributed by atoms with van der Waals surface area (Å²) in [6, 6.07) is 13.7. The van der Waals surface area contributed by atoms with E-state index in [-0.39, 0.29) is 24.0 Å². The Kier molecular flexibility index (Phi) is 7.23. The first-order chi connectivity index (χ1) is 13.7. The minimum absolute atomic E-state index is 0. The van der Waals surface area contributed by atoms with E-state index < -0.39 is 6.10 Å². The van der Waals surface area contributed by atoms with Gasteiger partial charge >= 0.3 is 0 Å². The lowest BCUT2D eigenvalue weighted by Gasteiger charge is -2.13. The highest BCUT2D eigenvalue weighted by Gasteiger charge is 2.13. The molecule has 0 aliphatic heterocycles. The summed E-state index contributed by atoms with van der Waals surface area (Å²) in [5, 5.41) is 24.9. The number of aromatic nitrogens is 3. The van der Waals surface area contributed by atoms with E-state index in [0.717, 1.165) is 15.0 Å². The highest BCUT2D eigenvalue weighted by Crippen LogP contribution is 2.29. The molecule has 4 rings (SSSR count). The number of thiophene rings is 1. The molecule has 29 heavy (non-hydrogen) atoms. The molecule has 1 atom stereocenters. The second-order valence-electron chi connectivity index (χ2n) is 6.09. The number of guanidine groups is 1. The summed E-state index contributed by atoms with van der Waals surface area (Å²) >= 11 is 1.59. The van der Waals surface area contributed by atoms with Crippen molar-refractivity contribution < 1.29 is 9.52 Å². The fourth-order valence-electron chi connectivity index (χ4n) is 2.74. The number of fused-ring (bicyclic) bond motifs is 1. The van der Waals surface area contributed by atoms with Crippen LogP contribution in [0.5, 0.6) is 0 Å². The van der Waals surface area contributed by atoms with Crippen molar-refractivity contribution in [2.75, 3.05) is 13.6 Å². The van der Waals surface area contributed by atoms with Crippen LogP contribution in [-0.4, -0.2) is 39.8 Å². The van der Waals surface area contributed by atoms with Crippen LogP contribution >= 0.6 is 35.3 Å². The van der Waals surface area contributed by atoms with Gasteiger partial charge in [-0.2, -0.15) is 0 Å². The normalized spacial score (nSPS) is 12.6. The summed E-state index contributed by atoms with van der Waals surface area (Å²) in [6.07, 6.45) is 0.962. The van der Waals surface area contributed by atoms with Crippen molar-refractivity contribution in [1.29, 1.82) is 0 Å². The largest absolute Gasteiger partial charge is 0.461 e. The first kappa shape index (κ1) is 21.3. The summed E-state index contributed by atoms with van der Waals surface area (Å²) in [4.78, 5) is 9.47. The van der Waals surface area contributed by atoms with Crippen LogP contribution in [-0.2, 0) is 6.54 Å². The van der Waals surface area contributed by atoms with Crippen LogP contribution in [0.3, 0.4) is 0 Å². The number of aliphatic hydroxyl groups is 1. The van der Waals surface area contributed by atoms with Gasteiger partial charge < -0.3 is 20.2 Å². The van der Waals surface area contributed by atoms with Gasteiger partial charge in [-0.3, -0.25) is 10.1 Å². The van der Waals surface area contributed by atoms with E-state index in [1.807, 2.05) is 24.3 Å². The summed E-state index contributed by atoms with van der Waals surface area (Å²) in [5.74, 6) is 2.33. The number of halogens is 1. The molecule has 4 aromatic rings. The minimum atomic E-state index is -0.619. The van der Waals surface area contributed by atoms with Gasteiger partial charge in [0, 0.05) is 23.2 Å². The third kappa shape index (κ3) is 5.14. The summed E-state index contributed by atoms with van der Waals surface area (Å²) in [7, 11) is 1.68. The molecule has 1 unspecified atom stereocenters. The SMILES string of the molecule is CN=C(NCc1nc(-c2ccco2)n[nH]1)NCC(O)c1cc2ccccc2s1.I. The Hall–Kier alpha value is -2.44. The average molecular weight is 524 g/mol. The predicted molar refractivity (Wildman–Crippen MR) is 124 cm³/mol. The van der Waals surface area contributed by atoms with E-state index in [2.05, 4.69) is 36.9 Å². The van der Waals surface area contributed by atoms with Crippen molar-refractivity contribution in [1.82, 2.24) is 25.8 Å². The van der Waals surface area contributed by atoms with Crippen LogP contribution in [0.15, 0.2) is 58.1 Å². The number of hydrogen-bond acceptors (Lipinski definition) is 6. The van der Waals surface area contributed by atoms with Gasteiger partial charge in [0.1, 0.15) is 11.9 Å². The van der Waals surface area contributed by atoms with Gasteiger partial charge in [0.25, 0.3) is 0 Å². The zero-order valence-electron chi connectivity index (χ0n) is 15.6. The molecule has 0 spiro atoms. The van der Waals surface area contributed by atoms with Crippen LogP contribution in [0.2, 0.25) is 0 Å². The fourth-order valence-corrected chi connectivity index (χ4v) is 3.79. The molecular weight excluding hydrogens is 503 g/mol. The Labute approximate surface area is 188 Å². The zero-order chi connectivity index (χ0) is 19.3. The lowest BCUT2D eigenvalue weighted by Crippen LogP contribution is -2.39. The number of nitrogens with one attached hydrogen (secondary N) is 3. The van der Waals surface area contributed by atoms with E-state index in [9.17, 15) is 5.11 Å². The maximum atomic E-state index is 10.5. The smallest absolute Gasteiger partial charge is 0.216 e. The number of aromatic amines is 1. The van der Waals surface area contributed by atoms with E-state index in [1.165, 1.54) is 0 Å². The maximum Gasteiger partial charge on any atom is 0.216 e. The molecular formula is C19H21IN6O2S. The highest BCUT2D eigenvalue weighted by atomic mass is 127. The first-order valence-corrected chi connectivity index (χ1v) is 9.61. The molecule has 4 N–H and O–H groups in total. The highest BCUT2D eigenvalue weighted by molar-refractivity contribution is 14.0. The molecule has 0 fully saturated rings. The molecule has 0 saturated carbocycles. The van der Waals surface area contributed by atoms with Crippen molar-refractivity contribution in [2.24, 2.45) is 4.99 Å². The van der Waals surface area contributed by atoms with Gasteiger partial charge in [-0.1, -0.05) is 18.2 Å². The molecule has 152 valence electrons. The van der Waals surface area contributed by atoms with E-state index in [0.29, 0.717) is 36.5 Å². The average Bonchev–Trinajstić information content (AvgIpc) is 3.47. The van der Waals surface area contributed by atoms with Crippen LogP contribution in [0.1, 0.15) is 16.8 Å². The van der Waals surface area contributed by atoms with Crippen LogP contribution in [0.4, 0.5) is 0 Å². The summed E-state index contributed by atoms with van der Waals surface area (Å²) in [6.45, 7) is 0.757. The predicted octanol–water partition coefficient (Wildman–Crippen LogP) is 3.30. The molecule has 0 radical (unpaired) electrons. The lowest BCUT2D eigenvalue weighted by molar-refractivity contribution is 0.184. The molecule has 1 aromatic carbocycles. The van der Waals surface area contributed by atoms with Gasteiger partial charge in [0.2, 0.25) is 5.82 Å². The fraction of sp³-hybridized carbons (Fsp3) is 0.211. The Morgan fingerprint density at radius 1 is 1.28 bits per heavy atom. The number of H-pyrrole nitrogens is 1. The molecule has 0 aliphatic rings. The molecule has 0 bridgehead atoms. The van der Waals surface area contributed by atoms with Crippen LogP contribution in [0, 0.1) is 0 Å². The van der Waals surface area contributed by atoms with E-state index in [4.69, 9.17) is 4.42 Å². The van der Waals surface area contributed by atoms with Crippen LogP contribution < -0.4 is 10.6 Å². The molecule has 3 aromatic heterocycles. The number of hydrogen-bond donors (Lipinski definition) is 4. The number of rotatable bonds is 6. The van der Waals surface area contributed by atoms with Crippen molar-refractivity contribution >= 4 is 51.4 Å². The molecule has 3 heterocycles. The quantitative estimate of drug-likeness (QED) is 0.175. The standard InChI is InChI=1S/C19H20N6O2S.HI/c1-20-19(22-11-17-23-18(25-24-17)14-6-4-8-27-14)21-10-13(26)16-9-12-5-2-3-7-15(12)28-16;/h2-9,13,26H,10-11H2,1H3,(H2,20,21,22)(H,23,24,25);1H. The molecule has 8 nitrogen and oxygen atoms in total. The number of aliphatic imine (C=N–C) groups is 1. The van der Waals surface area contributed by atoms with Gasteiger partial charge in [0.05, 0.1) is 12.8 Å². The van der Waals surface area contributed by atoms with Crippen molar-refractivity contribution in [3.63, 3.8) is 0 Å². The molecule has 0 aliphatic carbocycles. The number of benzene rings is 1. The zero-order valence-corrected chi connectivity index (χ0v) is 18.8. The maximum absolute atomic E-state index is 10.5. The van der Waals surface area contributed by atoms with Gasteiger partial charge in [-0.05, 0) is 29.7 Å². The first-order valence-electron chi connectivity index (χ1n) is 8.79. The van der Waals surface area contributed by atoms with E-state index >= 15 is 0 Å². The topological polar surface area (TPSA) is 111 Å². The van der Waals surface area contributed by atoms with Gasteiger partial charge in [-0.15, -0.1) is 40.4 Å². The molecule has 10 heteroatoms. The Balaban J connectivity index is 0.00000240. The third-order valence-electron chi connectivity index (χ3n) is 4.16. The number of aliphatic hydroxyl groups excluding tert-OH is 1. The second-order valence-corrected chi connectivity index (χ2v) is 7.21. The van der Waals surface area contributed by atoms with Crippen molar-refractivity contribution in [3.05, 3.63) is 59.4 Å². The summed E-state index contributed by atoms with van der Waals surface area (Å²) in [5.41, 5.74) is 0. The second kappa shape index (κ2) is 9.85. The number of furan rings is 1. The summed E-state index contributed by atoms with van der Waals surface area (Å²) < 4.78 is 6.44. The minimum Gasteiger partial charge on any atom is -0.461 e. The van der Waals surface area contributed by atoms with Crippen molar-refractivity contribution in [2.45, 2.75) is 12.6 Å². The Bertz CT molecular complexity index is 1040. The molecule has 0 amide bonds. The van der Waals surface area contributed by atoms with Gasteiger partial charge in [-0.25, -0.2) is 4.98 Å².